The van der Waals surface area contributed by atoms with E-state index >= 15 is 0 Å². The molecule has 0 radical (unpaired) electrons. The number of hydrogen-bond donors (Lipinski definition) is 1. The summed E-state index contributed by atoms with van der Waals surface area (Å²) in [5.41, 5.74) is 0. The van der Waals surface area contributed by atoms with Crippen LogP contribution in [-0.4, -0.2) is 43.6 Å². The molecule has 0 bridgehead atoms. The van der Waals surface area contributed by atoms with E-state index < -0.39 is 10.9 Å². The van der Waals surface area contributed by atoms with Crippen molar-refractivity contribution in [3.63, 3.8) is 0 Å². The summed E-state index contributed by atoms with van der Waals surface area (Å²) in [4.78, 5) is 22.0. The van der Waals surface area contributed by atoms with Crippen molar-refractivity contribution in [3.05, 3.63) is 0 Å². The fourth-order valence-corrected chi connectivity index (χ4v) is 1.53. The molecule has 0 spiro atoms. The van der Waals surface area contributed by atoms with Crippen LogP contribution in [0.1, 0.15) is 13.8 Å². The summed E-state index contributed by atoms with van der Waals surface area (Å²) < 4.78 is 9.21. The minimum absolute atomic E-state index is 0.0878. The monoisotopic (exact) mass is 295 g/mol. The van der Waals surface area contributed by atoms with E-state index in [0.29, 0.717) is 6.54 Å². The van der Waals surface area contributed by atoms with E-state index in [0.717, 1.165) is 0 Å². The summed E-state index contributed by atoms with van der Waals surface area (Å²) in [6.07, 6.45) is 0. The van der Waals surface area contributed by atoms with Crippen LogP contribution in [0.15, 0.2) is 0 Å². The van der Waals surface area contributed by atoms with Gasteiger partial charge in [-0.15, -0.1) is 0 Å². The number of esters is 2. The van der Waals surface area contributed by atoms with E-state index in [9.17, 15) is 9.59 Å². The van der Waals surface area contributed by atoms with Crippen molar-refractivity contribution < 1.29 is 19.1 Å². The van der Waals surface area contributed by atoms with E-state index in [1.54, 1.807) is 0 Å². The van der Waals surface area contributed by atoms with Gasteiger partial charge in [0.05, 0.1) is 14.2 Å². The average Bonchev–Trinajstić information content (AvgIpc) is 2.26. The van der Waals surface area contributed by atoms with Crippen molar-refractivity contribution in [1.82, 2.24) is 5.32 Å². The van der Waals surface area contributed by atoms with Crippen LogP contribution in [0.4, 0.5) is 0 Å². The highest BCUT2D eigenvalue weighted by Gasteiger charge is 2.24. The molecule has 6 heteroatoms. The van der Waals surface area contributed by atoms with Gasteiger partial charge in [0.2, 0.25) is 0 Å². The van der Waals surface area contributed by atoms with Gasteiger partial charge >= 0.3 is 11.9 Å². The fourth-order valence-electron chi connectivity index (χ4n) is 1.16. The molecule has 0 aliphatic carbocycles. The van der Waals surface area contributed by atoms with Crippen molar-refractivity contribution in [2.24, 2.45) is 5.92 Å². The smallest absolute Gasteiger partial charge is 0.323 e. The Balaban J connectivity index is 4.22. The summed E-state index contributed by atoms with van der Waals surface area (Å²) in [6, 6.07) is -0.422. The molecule has 0 amide bonds. The number of nitrogens with one attached hydrogen (secondary N) is 1. The predicted octanol–water partition coefficient (Wildman–Crippen LogP) is 0.710. The first-order valence-electron chi connectivity index (χ1n) is 4.97. The zero-order chi connectivity index (χ0) is 12.7. The van der Waals surface area contributed by atoms with Gasteiger partial charge in [0.1, 0.15) is 10.9 Å². The van der Waals surface area contributed by atoms with E-state index in [-0.39, 0.29) is 17.9 Å². The molecule has 2 atom stereocenters. The molecule has 0 fully saturated rings. The van der Waals surface area contributed by atoms with Crippen LogP contribution < -0.4 is 5.32 Å². The zero-order valence-corrected chi connectivity index (χ0v) is 11.5. The molecule has 0 aromatic heterocycles. The van der Waals surface area contributed by atoms with Crippen molar-refractivity contribution >= 4 is 27.9 Å². The summed E-state index contributed by atoms with van der Waals surface area (Å²) in [5.74, 6) is -0.621. The third-order valence-electron chi connectivity index (χ3n) is 2.10. The second-order valence-corrected chi connectivity index (χ2v) is 4.75. The summed E-state index contributed by atoms with van der Waals surface area (Å²) in [7, 11) is 2.65. The Bertz CT molecular complexity index is 245. The third kappa shape index (κ3) is 4.94. The number of hydrogen-bond acceptors (Lipinski definition) is 5. The molecule has 0 heterocycles. The molecule has 0 rings (SSSR count). The van der Waals surface area contributed by atoms with Gasteiger partial charge in [-0.25, -0.2) is 0 Å². The number of alkyl halides is 1. The highest BCUT2D eigenvalue weighted by Crippen LogP contribution is 2.06. The van der Waals surface area contributed by atoms with Crippen molar-refractivity contribution in [2.75, 3.05) is 20.8 Å². The van der Waals surface area contributed by atoms with Gasteiger partial charge in [0.25, 0.3) is 0 Å². The van der Waals surface area contributed by atoms with Gasteiger partial charge < -0.3 is 14.8 Å². The van der Waals surface area contributed by atoms with Crippen LogP contribution >= 0.6 is 15.9 Å². The zero-order valence-electron chi connectivity index (χ0n) is 9.95. The molecular formula is C10H18BrNO4. The lowest BCUT2D eigenvalue weighted by atomic mass is 10.0. The van der Waals surface area contributed by atoms with Crippen LogP contribution in [0, 0.1) is 5.92 Å². The van der Waals surface area contributed by atoms with Gasteiger partial charge in [-0.1, -0.05) is 29.8 Å². The molecule has 0 saturated heterocycles. The average molecular weight is 296 g/mol. The molecule has 0 aliphatic rings. The molecule has 0 saturated carbocycles. The Hall–Kier alpha value is -0.620. The first kappa shape index (κ1) is 15.4. The molecule has 16 heavy (non-hydrogen) atoms. The molecule has 0 aliphatic heterocycles. The minimum atomic E-state index is -0.469. The summed E-state index contributed by atoms with van der Waals surface area (Å²) in [6.45, 7) is 4.11. The Morgan fingerprint density at radius 2 is 1.69 bits per heavy atom. The largest absolute Gasteiger partial charge is 0.468 e. The van der Waals surface area contributed by atoms with Gasteiger partial charge in [-0.2, -0.15) is 0 Å². The van der Waals surface area contributed by atoms with E-state index in [1.807, 2.05) is 13.8 Å². The Morgan fingerprint density at radius 3 is 2.06 bits per heavy atom. The number of carbonyl (C=O) groups is 2. The number of methoxy groups -OCH3 is 2. The molecule has 0 aromatic carbocycles. The topological polar surface area (TPSA) is 64.6 Å². The minimum Gasteiger partial charge on any atom is -0.468 e. The van der Waals surface area contributed by atoms with Crippen LogP contribution in [0.3, 0.4) is 0 Å². The Morgan fingerprint density at radius 1 is 1.19 bits per heavy atom. The first-order valence-corrected chi connectivity index (χ1v) is 5.88. The van der Waals surface area contributed by atoms with Crippen LogP contribution in [-0.2, 0) is 19.1 Å². The lowest BCUT2D eigenvalue weighted by molar-refractivity contribution is -0.145. The normalized spacial score (nSPS) is 14.4. The number of carbonyl (C=O) groups excluding carboxylic acids is 2. The maximum absolute atomic E-state index is 11.4. The quantitative estimate of drug-likeness (QED) is 0.578. The van der Waals surface area contributed by atoms with E-state index in [2.05, 4.69) is 30.7 Å². The van der Waals surface area contributed by atoms with Crippen LogP contribution in [0.25, 0.3) is 0 Å². The SMILES string of the molecule is COC(=O)C(Br)CNC(C(=O)OC)C(C)C. The van der Waals surface area contributed by atoms with Gasteiger partial charge in [0, 0.05) is 6.54 Å². The van der Waals surface area contributed by atoms with Crippen molar-refractivity contribution in [1.29, 1.82) is 0 Å². The summed E-state index contributed by atoms with van der Waals surface area (Å²) >= 11 is 3.16. The fraction of sp³-hybridized carbons (Fsp3) is 0.800. The maximum Gasteiger partial charge on any atom is 0.323 e. The Kier molecular flexibility index (Phi) is 7.33. The summed E-state index contributed by atoms with van der Waals surface area (Å²) in [5, 5.41) is 2.96. The second kappa shape index (κ2) is 7.62. The maximum atomic E-state index is 11.4. The van der Waals surface area contributed by atoms with Gasteiger partial charge in [-0.05, 0) is 5.92 Å². The van der Waals surface area contributed by atoms with E-state index in [4.69, 9.17) is 0 Å². The predicted molar refractivity (Wildman–Crippen MR) is 63.4 cm³/mol. The lowest BCUT2D eigenvalue weighted by Gasteiger charge is -2.20. The lowest BCUT2D eigenvalue weighted by Crippen LogP contribution is -2.45. The standard InChI is InChI=1S/C10H18BrNO4/c1-6(2)8(10(14)16-4)12-5-7(11)9(13)15-3/h6-8,12H,5H2,1-4H3. The second-order valence-electron chi connectivity index (χ2n) is 3.64. The highest BCUT2D eigenvalue weighted by atomic mass is 79.9. The Labute approximate surface area is 104 Å². The molecule has 2 unspecified atom stereocenters. The van der Waals surface area contributed by atoms with Crippen LogP contribution in [0.2, 0.25) is 0 Å². The van der Waals surface area contributed by atoms with E-state index in [1.165, 1.54) is 14.2 Å². The molecule has 1 N–H and O–H groups in total. The molecule has 94 valence electrons. The molecule has 5 nitrogen and oxygen atoms in total. The first-order chi connectivity index (χ1) is 7.43. The third-order valence-corrected chi connectivity index (χ3v) is 2.79. The highest BCUT2D eigenvalue weighted by molar-refractivity contribution is 9.10. The number of ether oxygens (including phenoxy) is 2. The number of halogens is 1. The van der Waals surface area contributed by atoms with Gasteiger partial charge in [-0.3, -0.25) is 9.59 Å². The van der Waals surface area contributed by atoms with Crippen molar-refractivity contribution in [3.8, 4) is 0 Å². The van der Waals surface area contributed by atoms with Crippen LogP contribution in [0.5, 0.6) is 0 Å². The molecule has 0 aromatic rings. The van der Waals surface area contributed by atoms with Crippen molar-refractivity contribution in [2.45, 2.75) is 24.7 Å². The molecular weight excluding hydrogens is 278 g/mol. The number of rotatable bonds is 6. The van der Waals surface area contributed by atoms with Gasteiger partial charge in [0.15, 0.2) is 0 Å².